The number of carbonyl (C=O) groups is 1. The number of rotatable bonds is 3. The van der Waals surface area contributed by atoms with Gasteiger partial charge in [0.25, 0.3) is 5.91 Å². The maximum absolute atomic E-state index is 13.0. The lowest BCUT2D eigenvalue weighted by molar-refractivity contribution is 0.0709. The van der Waals surface area contributed by atoms with Crippen LogP contribution < -0.4 is 0 Å². The van der Waals surface area contributed by atoms with E-state index in [1.165, 1.54) is 11.1 Å². The number of H-pyrrole nitrogens is 1. The predicted octanol–water partition coefficient (Wildman–Crippen LogP) is 3.93. The van der Waals surface area contributed by atoms with Crippen LogP contribution in [0.25, 0.3) is 11.3 Å². The van der Waals surface area contributed by atoms with Gasteiger partial charge in [-0.05, 0) is 60.7 Å². The Hall–Kier alpha value is -3.08. The average Bonchev–Trinajstić information content (AvgIpc) is 3.17. The van der Waals surface area contributed by atoms with Gasteiger partial charge < -0.3 is 10.0 Å². The summed E-state index contributed by atoms with van der Waals surface area (Å²) < 4.78 is 0. The van der Waals surface area contributed by atoms with E-state index >= 15 is 0 Å². The SMILES string of the molecule is CN(C(=O)c1cc(-c2ccc(O)cc2)n[nH]1)[C@H]1CCCc2ccccc21. The van der Waals surface area contributed by atoms with Gasteiger partial charge in [-0.15, -0.1) is 0 Å². The molecule has 26 heavy (non-hydrogen) atoms. The number of amides is 1. The molecular weight excluding hydrogens is 326 g/mol. The molecule has 0 spiro atoms. The van der Waals surface area contributed by atoms with E-state index in [0.717, 1.165) is 24.8 Å². The zero-order valence-corrected chi connectivity index (χ0v) is 14.6. The van der Waals surface area contributed by atoms with Crippen LogP contribution in [0.1, 0.15) is 40.5 Å². The Morgan fingerprint density at radius 1 is 1.19 bits per heavy atom. The van der Waals surface area contributed by atoms with E-state index in [2.05, 4.69) is 28.4 Å². The molecule has 1 aliphatic carbocycles. The molecule has 1 atom stereocenters. The van der Waals surface area contributed by atoms with Gasteiger partial charge in [-0.25, -0.2) is 0 Å². The minimum Gasteiger partial charge on any atom is -0.508 e. The van der Waals surface area contributed by atoms with Crippen LogP contribution in [0.3, 0.4) is 0 Å². The van der Waals surface area contributed by atoms with Gasteiger partial charge in [-0.2, -0.15) is 5.10 Å². The third kappa shape index (κ3) is 2.96. The van der Waals surface area contributed by atoms with Crippen molar-refractivity contribution in [2.45, 2.75) is 25.3 Å². The molecule has 0 saturated carbocycles. The van der Waals surface area contributed by atoms with Crippen LogP contribution in [0, 0.1) is 0 Å². The van der Waals surface area contributed by atoms with Crippen molar-refractivity contribution >= 4 is 5.91 Å². The third-order valence-electron chi connectivity index (χ3n) is 5.10. The third-order valence-corrected chi connectivity index (χ3v) is 5.10. The van der Waals surface area contributed by atoms with Gasteiger partial charge in [0.2, 0.25) is 0 Å². The highest BCUT2D eigenvalue weighted by Gasteiger charge is 2.28. The topological polar surface area (TPSA) is 69.2 Å². The van der Waals surface area contributed by atoms with Crippen molar-refractivity contribution in [3.63, 3.8) is 0 Å². The summed E-state index contributed by atoms with van der Waals surface area (Å²) >= 11 is 0. The van der Waals surface area contributed by atoms with Gasteiger partial charge in [0.05, 0.1) is 11.7 Å². The second-order valence-corrected chi connectivity index (χ2v) is 6.74. The molecule has 5 heteroatoms. The molecule has 1 aromatic heterocycles. The Morgan fingerprint density at radius 3 is 2.77 bits per heavy atom. The number of aromatic hydroxyl groups is 1. The molecule has 1 heterocycles. The number of carbonyl (C=O) groups excluding carboxylic acids is 1. The number of phenolic OH excluding ortho intramolecular Hbond substituents is 1. The second-order valence-electron chi connectivity index (χ2n) is 6.74. The Balaban J connectivity index is 1.58. The lowest BCUT2D eigenvalue weighted by Gasteiger charge is -2.33. The van der Waals surface area contributed by atoms with Crippen molar-refractivity contribution < 1.29 is 9.90 Å². The summed E-state index contributed by atoms with van der Waals surface area (Å²) in [5, 5.41) is 16.5. The molecule has 0 unspecified atom stereocenters. The monoisotopic (exact) mass is 347 g/mol. The number of aryl methyl sites for hydroxylation is 1. The highest BCUT2D eigenvalue weighted by atomic mass is 16.3. The Morgan fingerprint density at radius 2 is 1.96 bits per heavy atom. The van der Waals surface area contributed by atoms with Gasteiger partial charge in [-0.1, -0.05) is 24.3 Å². The molecule has 1 amide bonds. The van der Waals surface area contributed by atoms with Gasteiger partial charge in [0.15, 0.2) is 0 Å². The fraction of sp³-hybridized carbons (Fsp3) is 0.238. The van der Waals surface area contributed by atoms with Gasteiger partial charge >= 0.3 is 0 Å². The summed E-state index contributed by atoms with van der Waals surface area (Å²) in [6.07, 6.45) is 3.13. The number of nitrogens with one attached hydrogen (secondary N) is 1. The van der Waals surface area contributed by atoms with Gasteiger partial charge in [-0.3, -0.25) is 9.89 Å². The fourth-order valence-corrected chi connectivity index (χ4v) is 3.67. The summed E-state index contributed by atoms with van der Waals surface area (Å²) in [6.45, 7) is 0. The van der Waals surface area contributed by atoms with E-state index in [9.17, 15) is 9.90 Å². The molecule has 0 saturated heterocycles. The zero-order chi connectivity index (χ0) is 18.1. The molecule has 2 N–H and O–H groups in total. The number of fused-ring (bicyclic) bond motifs is 1. The summed E-state index contributed by atoms with van der Waals surface area (Å²) in [4.78, 5) is 14.8. The minimum atomic E-state index is -0.0655. The predicted molar refractivity (Wildman–Crippen MR) is 99.9 cm³/mol. The number of nitrogens with zero attached hydrogens (tertiary/aromatic N) is 2. The summed E-state index contributed by atoms with van der Waals surface area (Å²) in [5.74, 6) is 0.139. The summed E-state index contributed by atoms with van der Waals surface area (Å²) in [7, 11) is 1.86. The number of phenols is 1. The first-order chi connectivity index (χ1) is 12.6. The standard InChI is InChI=1S/C21H21N3O2/c1-24(20-8-4-6-14-5-2-3-7-17(14)20)21(26)19-13-18(22-23-19)15-9-11-16(25)12-10-15/h2-3,5,7,9-13,20,25H,4,6,8H2,1H3,(H,22,23)/t20-/m0/s1. The number of benzene rings is 2. The van der Waals surface area contributed by atoms with Crippen molar-refractivity contribution in [2.24, 2.45) is 0 Å². The van der Waals surface area contributed by atoms with Gasteiger partial charge in [0, 0.05) is 12.6 Å². The molecule has 0 bridgehead atoms. The van der Waals surface area contributed by atoms with E-state index in [1.54, 1.807) is 30.3 Å². The molecular formula is C21H21N3O2. The van der Waals surface area contributed by atoms with E-state index in [0.29, 0.717) is 11.4 Å². The maximum Gasteiger partial charge on any atom is 0.272 e. The van der Waals surface area contributed by atoms with E-state index in [1.807, 2.05) is 18.0 Å². The Labute approximate surface area is 152 Å². The normalized spacial score (nSPS) is 16.1. The first-order valence-corrected chi connectivity index (χ1v) is 8.83. The molecule has 1 aliphatic rings. The molecule has 3 aromatic rings. The van der Waals surface area contributed by atoms with E-state index < -0.39 is 0 Å². The first-order valence-electron chi connectivity index (χ1n) is 8.83. The minimum absolute atomic E-state index is 0.0655. The van der Waals surface area contributed by atoms with Gasteiger partial charge in [0.1, 0.15) is 11.4 Å². The van der Waals surface area contributed by atoms with Crippen LogP contribution >= 0.6 is 0 Å². The maximum atomic E-state index is 13.0. The van der Waals surface area contributed by atoms with Crippen molar-refractivity contribution in [2.75, 3.05) is 7.05 Å². The summed E-state index contributed by atoms with van der Waals surface area (Å²) in [6, 6.07) is 17.0. The highest BCUT2D eigenvalue weighted by molar-refractivity contribution is 5.93. The molecule has 2 aromatic carbocycles. The fourth-order valence-electron chi connectivity index (χ4n) is 3.67. The van der Waals surface area contributed by atoms with Crippen LogP contribution in [0.2, 0.25) is 0 Å². The van der Waals surface area contributed by atoms with Crippen LogP contribution in [0.4, 0.5) is 0 Å². The van der Waals surface area contributed by atoms with Crippen LogP contribution in [-0.2, 0) is 6.42 Å². The molecule has 5 nitrogen and oxygen atoms in total. The molecule has 4 rings (SSSR count). The Bertz CT molecular complexity index is 930. The zero-order valence-electron chi connectivity index (χ0n) is 14.6. The van der Waals surface area contributed by atoms with Crippen molar-refractivity contribution in [1.29, 1.82) is 0 Å². The lowest BCUT2D eigenvalue weighted by Crippen LogP contribution is -2.33. The van der Waals surface area contributed by atoms with Crippen LogP contribution in [0.15, 0.2) is 54.6 Å². The van der Waals surface area contributed by atoms with Crippen molar-refractivity contribution in [1.82, 2.24) is 15.1 Å². The summed E-state index contributed by atoms with van der Waals surface area (Å²) in [5.41, 5.74) is 4.58. The Kier molecular flexibility index (Phi) is 4.21. The van der Waals surface area contributed by atoms with Crippen molar-refractivity contribution in [3.8, 4) is 17.0 Å². The smallest absolute Gasteiger partial charge is 0.272 e. The average molecular weight is 347 g/mol. The largest absolute Gasteiger partial charge is 0.508 e. The first kappa shape index (κ1) is 16.4. The molecule has 0 fully saturated rings. The second kappa shape index (κ2) is 6.67. The quantitative estimate of drug-likeness (QED) is 0.754. The lowest BCUT2D eigenvalue weighted by atomic mass is 9.87. The van der Waals surface area contributed by atoms with E-state index in [4.69, 9.17) is 0 Å². The van der Waals surface area contributed by atoms with E-state index in [-0.39, 0.29) is 17.7 Å². The van der Waals surface area contributed by atoms with Crippen LogP contribution in [0.5, 0.6) is 5.75 Å². The highest BCUT2D eigenvalue weighted by Crippen LogP contribution is 2.34. The van der Waals surface area contributed by atoms with Crippen LogP contribution in [-0.4, -0.2) is 33.2 Å². The number of hydrogen-bond acceptors (Lipinski definition) is 3. The molecule has 0 radical (unpaired) electrons. The molecule has 0 aliphatic heterocycles. The van der Waals surface area contributed by atoms with Crippen molar-refractivity contribution in [3.05, 3.63) is 71.4 Å². The number of aromatic amines is 1. The molecule has 132 valence electrons. The number of aromatic nitrogens is 2. The number of hydrogen-bond donors (Lipinski definition) is 2.